The molecule has 144 valence electrons. The standard InChI is InChI=1S/C18H22N4O3S2/c1-25-17-5-3-2-4-16(17)21-10-12-22(13-11-21)18(26)20-14-6-8-15(9-7-14)27(19,23)24/h2-9H,10-13H2,1H3,(H,20,26)(H2,19,23,24). The van der Waals surface area contributed by atoms with E-state index in [1.807, 2.05) is 18.2 Å². The van der Waals surface area contributed by atoms with E-state index in [1.54, 1.807) is 19.2 Å². The fraction of sp³-hybridized carbons (Fsp3) is 0.278. The summed E-state index contributed by atoms with van der Waals surface area (Å²) in [4.78, 5) is 4.44. The third-order valence-corrected chi connectivity index (χ3v) is 5.72. The summed E-state index contributed by atoms with van der Waals surface area (Å²) in [5, 5.41) is 8.87. The number of nitrogens with zero attached hydrogens (tertiary/aromatic N) is 2. The summed E-state index contributed by atoms with van der Waals surface area (Å²) in [5.41, 5.74) is 1.80. The van der Waals surface area contributed by atoms with E-state index in [0.717, 1.165) is 43.3 Å². The van der Waals surface area contributed by atoms with Crippen LogP contribution in [-0.4, -0.2) is 51.7 Å². The molecule has 27 heavy (non-hydrogen) atoms. The summed E-state index contributed by atoms with van der Waals surface area (Å²) >= 11 is 5.49. The zero-order chi connectivity index (χ0) is 19.4. The van der Waals surface area contributed by atoms with Crippen LogP contribution in [0.25, 0.3) is 0 Å². The summed E-state index contributed by atoms with van der Waals surface area (Å²) in [7, 11) is -2.02. The number of ether oxygens (including phenoxy) is 1. The maximum Gasteiger partial charge on any atom is 0.238 e. The first-order valence-electron chi connectivity index (χ1n) is 8.45. The van der Waals surface area contributed by atoms with Gasteiger partial charge in [0.2, 0.25) is 10.0 Å². The highest BCUT2D eigenvalue weighted by Gasteiger charge is 2.21. The molecule has 0 atom stereocenters. The van der Waals surface area contributed by atoms with Crippen molar-refractivity contribution in [2.75, 3.05) is 43.5 Å². The Morgan fingerprint density at radius 2 is 1.70 bits per heavy atom. The monoisotopic (exact) mass is 406 g/mol. The maximum absolute atomic E-state index is 11.3. The molecule has 0 aliphatic carbocycles. The van der Waals surface area contributed by atoms with Crippen LogP contribution in [0.5, 0.6) is 5.75 Å². The number of sulfonamides is 1. The van der Waals surface area contributed by atoms with Crippen molar-refractivity contribution >= 4 is 38.7 Å². The highest BCUT2D eigenvalue weighted by molar-refractivity contribution is 7.89. The second-order valence-corrected chi connectivity index (χ2v) is 8.09. The zero-order valence-corrected chi connectivity index (χ0v) is 16.6. The number of benzene rings is 2. The molecule has 3 rings (SSSR count). The van der Waals surface area contributed by atoms with Crippen LogP contribution < -0.4 is 20.1 Å². The second kappa shape index (κ2) is 8.12. The van der Waals surface area contributed by atoms with E-state index >= 15 is 0 Å². The molecule has 1 aliphatic rings. The number of hydrogen-bond acceptors (Lipinski definition) is 5. The van der Waals surface area contributed by atoms with Gasteiger partial charge in [0.25, 0.3) is 0 Å². The Morgan fingerprint density at radius 1 is 1.07 bits per heavy atom. The van der Waals surface area contributed by atoms with Gasteiger partial charge in [-0.2, -0.15) is 0 Å². The van der Waals surface area contributed by atoms with E-state index in [-0.39, 0.29) is 4.90 Å². The summed E-state index contributed by atoms with van der Waals surface area (Å²) < 4.78 is 28.1. The molecule has 0 radical (unpaired) electrons. The van der Waals surface area contributed by atoms with Gasteiger partial charge in [-0.05, 0) is 48.6 Å². The molecule has 0 saturated carbocycles. The SMILES string of the molecule is COc1ccccc1N1CCN(C(=S)Nc2ccc(S(N)(=O)=O)cc2)CC1. The van der Waals surface area contributed by atoms with E-state index < -0.39 is 10.0 Å². The molecule has 0 spiro atoms. The molecule has 1 fully saturated rings. The molecule has 0 bridgehead atoms. The molecule has 0 amide bonds. The van der Waals surface area contributed by atoms with Gasteiger partial charge in [0.1, 0.15) is 5.75 Å². The quantitative estimate of drug-likeness (QED) is 0.750. The molecule has 2 aromatic carbocycles. The van der Waals surface area contributed by atoms with Gasteiger partial charge in [-0.25, -0.2) is 13.6 Å². The van der Waals surface area contributed by atoms with Crippen LogP contribution >= 0.6 is 12.2 Å². The first-order chi connectivity index (χ1) is 12.9. The number of piperazine rings is 1. The van der Waals surface area contributed by atoms with E-state index in [0.29, 0.717) is 5.11 Å². The lowest BCUT2D eigenvalue weighted by Gasteiger charge is -2.37. The third-order valence-electron chi connectivity index (χ3n) is 4.43. The average molecular weight is 407 g/mol. The molecule has 1 heterocycles. The molecule has 0 unspecified atom stereocenters. The van der Waals surface area contributed by atoms with Crippen LogP contribution in [-0.2, 0) is 10.0 Å². The van der Waals surface area contributed by atoms with E-state index in [4.69, 9.17) is 22.1 Å². The molecule has 1 aliphatic heterocycles. The van der Waals surface area contributed by atoms with Crippen LogP contribution in [0, 0.1) is 0 Å². The largest absolute Gasteiger partial charge is 0.495 e. The fourth-order valence-corrected chi connectivity index (χ4v) is 3.79. The van der Waals surface area contributed by atoms with Crippen molar-refractivity contribution in [1.82, 2.24) is 4.90 Å². The number of para-hydroxylation sites is 2. The number of methoxy groups -OCH3 is 1. The maximum atomic E-state index is 11.3. The molecule has 3 N–H and O–H groups in total. The lowest BCUT2D eigenvalue weighted by Crippen LogP contribution is -2.50. The normalized spacial score (nSPS) is 14.7. The Kier molecular flexibility index (Phi) is 5.83. The number of primary sulfonamides is 1. The van der Waals surface area contributed by atoms with Crippen molar-refractivity contribution in [1.29, 1.82) is 0 Å². The number of rotatable bonds is 4. The predicted octanol–water partition coefficient (Wildman–Crippen LogP) is 1.86. The van der Waals surface area contributed by atoms with Crippen molar-refractivity contribution in [2.45, 2.75) is 4.90 Å². The van der Waals surface area contributed by atoms with Crippen LogP contribution in [0.1, 0.15) is 0 Å². The van der Waals surface area contributed by atoms with Gasteiger partial charge in [-0.1, -0.05) is 12.1 Å². The molecule has 1 saturated heterocycles. The molecule has 9 heteroatoms. The second-order valence-electron chi connectivity index (χ2n) is 6.15. The van der Waals surface area contributed by atoms with Gasteiger partial charge in [0, 0.05) is 31.9 Å². The van der Waals surface area contributed by atoms with Crippen molar-refractivity contribution in [2.24, 2.45) is 5.14 Å². The first-order valence-corrected chi connectivity index (χ1v) is 10.4. The molecular formula is C18H22N4O3S2. The molecular weight excluding hydrogens is 384 g/mol. The number of anilines is 2. The average Bonchev–Trinajstić information content (AvgIpc) is 2.68. The van der Waals surface area contributed by atoms with Gasteiger partial charge in [0.05, 0.1) is 17.7 Å². The predicted molar refractivity (Wildman–Crippen MR) is 111 cm³/mol. The molecule has 2 aromatic rings. The highest BCUT2D eigenvalue weighted by atomic mass is 32.2. The van der Waals surface area contributed by atoms with Gasteiger partial charge in [0.15, 0.2) is 5.11 Å². The Labute approximate surface area is 164 Å². The van der Waals surface area contributed by atoms with Crippen LogP contribution in [0.4, 0.5) is 11.4 Å². The summed E-state index contributed by atoms with van der Waals surface area (Å²) in [6.45, 7) is 3.21. The summed E-state index contributed by atoms with van der Waals surface area (Å²) in [5.74, 6) is 0.863. The van der Waals surface area contributed by atoms with Crippen molar-refractivity contribution < 1.29 is 13.2 Å². The Morgan fingerprint density at radius 3 is 2.30 bits per heavy atom. The lowest BCUT2D eigenvalue weighted by atomic mass is 10.2. The van der Waals surface area contributed by atoms with Gasteiger partial charge in [-0.3, -0.25) is 0 Å². The Balaban J connectivity index is 1.58. The van der Waals surface area contributed by atoms with Gasteiger partial charge >= 0.3 is 0 Å². The zero-order valence-electron chi connectivity index (χ0n) is 15.0. The number of thiocarbonyl (C=S) groups is 1. The smallest absolute Gasteiger partial charge is 0.238 e. The minimum absolute atomic E-state index is 0.0735. The van der Waals surface area contributed by atoms with Crippen molar-refractivity contribution in [3.05, 3.63) is 48.5 Å². The van der Waals surface area contributed by atoms with Gasteiger partial charge in [-0.15, -0.1) is 0 Å². The van der Waals surface area contributed by atoms with E-state index in [2.05, 4.69) is 21.2 Å². The van der Waals surface area contributed by atoms with E-state index in [9.17, 15) is 8.42 Å². The van der Waals surface area contributed by atoms with Crippen LogP contribution in [0.15, 0.2) is 53.4 Å². The van der Waals surface area contributed by atoms with Gasteiger partial charge < -0.3 is 19.9 Å². The molecule has 0 aromatic heterocycles. The first kappa shape index (κ1) is 19.4. The van der Waals surface area contributed by atoms with Crippen LogP contribution in [0.2, 0.25) is 0 Å². The summed E-state index contributed by atoms with van der Waals surface area (Å²) in [6.07, 6.45) is 0. The summed E-state index contributed by atoms with van der Waals surface area (Å²) in [6, 6.07) is 14.2. The highest BCUT2D eigenvalue weighted by Crippen LogP contribution is 2.28. The minimum Gasteiger partial charge on any atom is -0.495 e. The number of nitrogens with two attached hydrogens (primary N) is 1. The van der Waals surface area contributed by atoms with E-state index in [1.165, 1.54) is 12.1 Å². The topological polar surface area (TPSA) is 87.9 Å². The van der Waals surface area contributed by atoms with Crippen LogP contribution in [0.3, 0.4) is 0 Å². The fourth-order valence-electron chi connectivity index (χ4n) is 2.97. The van der Waals surface area contributed by atoms with Crippen molar-refractivity contribution in [3.63, 3.8) is 0 Å². The Bertz CT molecular complexity index is 908. The minimum atomic E-state index is -3.69. The van der Waals surface area contributed by atoms with Crippen molar-refractivity contribution in [3.8, 4) is 5.75 Å². The number of hydrogen-bond donors (Lipinski definition) is 2. The lowest BCUT2D eigenvalue weighted by molar-refractivity contribution is 0.382. The number of nitrogens with one attached hydrogen (secondary N) is 1. The third kappa shape index (κ3) is 4.68. The Hall–Kier alpha value is -2.36. The molecule has 7 nitrogen and oxygen atoms in total.